The highest BCUT2D eigenvalue weighted by molar-refractivity contribution is 5.96. The zero-order valence-electron chi connectivity index (χ0n) is 18.5. The molecule has 1 heterocycles. The second-order valence-corrected chi connectivity index (χ2v) is 8.35. The second kappa shape index (κ2) is 10.0. The number of morpholine rings is 1. The van der Waals surface area contributed by atoms with E-state index in [2.05, 4.69) is 10.6 Å². The Balaban J connectivity index is 1.47. The first kappa shape index (κ1) is 23.4. The Morgan fingerprint density at radius 1 is 1.15 bits per heavy atom. The zero-order valence-corrected chi connectivity index (χ0v) is 18.5. The number of carbonyl (C=O) groups is 1. The number of rotatable bonds is 8. The van der Waals surface area contributed by atoms with Crippen LogP contribution in [0, 0.1) is 5.92 Å². The summed E-state index contributed by atoms with van der Waals surface area (Å²) in [4.78, 5) is 14.7. The maximum Gasteiger partial charge on any atom is 0.416 e. The van der Waals surface area contributed by atoms with E-state index < -0.39 is 11.7 Å². The summed E-state index contributed by atoms with van der Waals surface area (Å²) in [7, 11) is 1.61. The number of nitrogens with zero attached hydrogens (tertiary/aromatic N) is 1. The van der Waals surface area contributed by atoms with Crippen molar-refractivity contribution in [2.24, 2.45) is 5.92 Å². The Kier molecular flexibility index (Phi) is 7.09. The summed E-state index contributed by atoms with van der Waals surface area (Å²) < 4.78 is 50.5. The van der Waals surface area contributed by atoms with Gasteiger partial charge in [-0.15, -0.1) is 0 Å². The average molecular weight is 464 g/mol. The third-order valence-electron chi connectivity index (χ3n) is 6.00. The maximum atomic E-state index is 13.3. The molecule has 2 aromatic carbocycles. The first-order chi connectivity index (χ1) is 15.8. The Labute approximate surface area is 191 Å². The van der Waals surface area contributed by atoms with Gasteiger partial charge in [-0.05, 0) is 54.7 Å². The van der Waals surface area contributed by atoms with Gasteiger partial charge in [0.05, 0.1) is 43.8 Å². The normalized spacial score (nSPS) is 17.5. The molecule has 9 heteroatoms. The zero-order chi connectivity index (χ0) is 23.4. The van der Waals surface area contributed by atoms with E-state index in [4.69, 9.17) is 9.47 Å². The molecule has 1 aliphatic heterocycles. The van der Waals surface area contributed by atoms with Crippen molar-refractivity contribution in [2.45, 2.75) is 25.1 Å². The fraction of sp³-hybridized carbons (Fsp3) is 0.458. The van der Waals surface area contributed by atoms with Crippen LogP contribution < -0.4 is 20.3 Å². The van der Waals surface area contributed by atoms with Crippen LogP contribution in [0.2, 0.25) is 0 Å². The van der Waals surface area contributed by atoms with E-state index in [9.17, 15) is 18.0 Å². The molecule has 0 bridgehead atoms. The van der Waals surface area contributed by atoms with Gasteiger partial charge in [0.15, 0.2) is 0 Å². The summed E-state index contributed by atoms with van der Waals surface area (Å²) >= 11 is 0. The van der Waals surface area contributed by atoms with Crippen LogP contribution >= 0.6 is 0 Å². The van der Waals surface area contributed by atoms with Gasteiger partial charge in [-0.1, -0.05) is 12.1 Å². The van der Waals surface area contributed by atoms with Gasteiger partial charge in [-0.3, -0.25) is 4.79 Å². The van der Waals surface area contributed by atoms with Crippen LogP contribution in [-0.4, -0.2) is 45.9 Å². The van der Waals surface area contributed by atoms with Gasteiger partial charge in [0.25, 0.3) is 0 Å². The molecule has 0 radical (unpaired) electrons. The minimum absolute atomic E-state index is 0.00174. The molecule has 0 unspecified atom stereocenters. The molecule has 1 amide bonds. The van der Waals surface area contributed by atoms with Crippen molar-refractivity contribution in [2.75, 3.05) is 50.2 Å². The van der Waals surface area contributed by atoms with Crippen molar-refractivity contribution in [3.8, 4) is 5.75 Å². The van der Waals surface area contributed by atoms with Gasteiger partial charge >= 0.3 is 6.18 Å². The molecule has 1 atom stereocenters. The molecule has 178 valence electrons. The summed E-state index contributed by atoms with van der Waals surface area (Å²) in [5.41, 5.74) is 0.982. The Morgan fingerprint density at radius 3 is 2.45 bits per heavy atom. The third kappa shape index (κ3) is 5.97. The van der Waals surface area contributed by atoms with E-state index in [1.807, 2.05) is 29.2 Å². The SMILES string of the molecule is COc1ccc([C@@H](NCC(=O)Nc2cc(C(F)(F)F)ccc2N2CCOCC2)C2CC2)cc1. The molecule has 1 saturated carbocycles. The van der Waals surface area contributed by atoms with Crippen LogP contribution in [-0.2, 0) is 15.7 Å². The fourth-order valence-corrected chi connectivity index (χ4v) is 4.09. The number of halogens is 3. The van der Waals surface area contributed by atoms with Crippen molar-refractivity contribution in [3.63, 3.8) is 0 Å². The van der Waals surface area contributed by atoms with Gasteiger partial charge in [0.2, 0.25) is 5.91 Å². The van der Waals surface area contributed by atoms with Crippen LogP contribution in [0.15, 0.2) is 42.5 Å². The number of methoxy groups -OCH3 is 1. The van der Waals surface area contributed by atoms with Crippen molar-refractivity contribution in [1.29, 1.82) is 0 Å². The molecule has 2 N–H and O–H groups in total. The monoisotopic (exact) mass is 463 g/mol. The van der Waals surface area contributed by atoms with E-state index in [1.54, 1.807) is 7.11 Å². The number of amides is 1. The average Bonchev–Trinajstić information content (AvgIpc) is 3.65. The third-order valence-corrected chi connectivity index (χ3v) is 6.00. The molecule has 2 aliphatic rings. The number of anilines is 2. The summed E-state index contributed by atoms with van der Waals surface area (Å²) in [5, 5.41) is 5.99. The molecule has 1 aliphatic carbocycles. The standard InChI is InChI=1S/C24H28F3N3O3/c1-32-19-7-4-17(5-8-19)23(16-2-3-16)28-15-22(31)29-20-14-18(24(25,26)27)6-9-21(20)30-10-12-33-13-11-30/h4-9,14,16,23,28H,2-3,10-13,15H2,1H3,(H,29,31)/t23-/m0/s1. The fourth-order valence-electron chi connectivity index (χ4n) is 4.09. The van der Waals surface area contributed by atoms with Gasteiger partial charge in [-0.2, -0.15) is 13.2 Å². The Bertz CT molecular complexity index is 956. The largest absolute Gasteiger partial charge is 0.497 e. The first-order valence-electron chi connectivity index (χ1n) is 11.1. The topological polar surface area (TPSA) is 62.8 Å². The lowest BCUT2D eigenvalue weighted by molar-refractivity contribution is -0.137. The van der Waals surface area contributed by atoms with Crippen molar-refractivity contribution in [1.82, 2.24) is 5.32 Å². The highest BCUT2D eigenvalue weighted by Crippen LogP contribution is 2.41. The van der Waals surface area contributed by atoms with E-state index >= 15 is 0 Å². The van der Waals surface area contributed by atoms with Gasteiger partial charge in [0.1, 0.15) is 5.75 Å². The van der Waals surface area contributed by atoms with Gasteiger partial charge < -0.3 is 25.0 Å². The van der Waals surface area contributed by atoms with Crippen LogP contribution in [0.3, 0.4) is 0 Å². The van der Waals surface area contributed by atoms with Gasteiger partial charge in [-0.25, -0.2) is 0 Å². The number of ether oxygens (including phenoxy) is 2. The molecule has 0 aromatic heterocycles. The molecule has 1 saturated heterocycles. The lowest BCUT2D eigenvalue weighted by atomic mass is 10.0. The molecular weight excluding hydrogens is 435 g/mol. The summed E-state index contributed by atoms with van der Waals surface area (Å²) in [6.07, 6.45) is -2.35. The lowest BCUT2D eigenvalue weighted by Crippen LogP contribution is -2.37. The number of hydrogen-bond donors (Lipinski definition) is 2. The molecule has 2 fully saturated rings. The van der Waals surface area contributed by atoms with Crippen LogP contribution in [0.1, 0.15) is 30.0 Å². The van der Waals surface area contributed by atoms with Crippen LogP contribution in [0.25, 0.3) is 0 Å². The number of carbonyl (C=O) groups excluding carboxylic acids is 1. The predicted molar refractivity (Wildman–Crippen MR) is 120 cm³/mol. The van der Waals surface area contributed by atoms with Crippen LogP contribution in [0.5, 0.6) is 5.75 Å². The van der Waals surface area contributed by atoms with E-state index in [0.717, 1.165) is 36.3 Å². The molecular formula is C24H28F3N3O3. The summed E-state index contributed by atoms with van der Waals surface area (Å²) in [5.74, 6) is 0.804. The highest BCUT2D eigenvalue weighted by Gasteiger charge is 2.33. The molecule has 33 heavy (non-hydrogen) atoms. The lowest BCUT2D eigenvalue weighted by Gasteiger charge is -2.31. The summed E-state index contributed by atoms with van der Waals surface area (Å²) in [6, 6.07) is 11.2. The van der Waals surface area contributed by atoms with E-state index in [1.165, 1.54) is 6.07 Å². The minimum atomic E-state index is -4.49. The van der Waals surface area contributed by atoms with Crippen molar-refractivity contribution in [3.05, 3.63) is 53.6 Å². The molecule has 6 nitrogen and oxygen atoms in total. The molecule has 4 rings (SSSR count). The smallest absolute Gasteiger partial charge is 0.416 e. The van der Waals surface area contributed by atoms with E-state index in [0.29, 0.717) is 37.9 Å². The highest BCUT2D eigenvalue weighted by atomic mass is 19.4. The predicted octanol–water partition coefficient (Wildman–Crippen LogP) is 4.23. The minimum Gasteiger partial charge on any atom is -0.497 e. The number of alkyl halides is 3. The van der Waals surface area contributed by atoms with E-state index in [-0.39, 0.29) is 24.2 Å². The number of nitrogens with one attached hydrogen (secondary N) is 2. The maximum absolute atomic E-state index is 13.3. The first-order valence-corrected chi connectivity index (χ1v) is 11.1. The number of benzene rings is 2. The summed E-state index contributed by atoms with van der Waals surface area (Å²) in [6.45, 7) is 2.06. The molecule has 2 aromatic rings. The molecule has 0 spiro atoms. The van der Waals surface area contributed by atoms with Crippen molar-refractivity contribution >= 4 is 17.3 Å². The number of hydrogen-bond acceptors (Lipinski definition) is 5. The van der Waals surface area contributed by atoms with Crippen molar-refractivity contribution < 1.29 is 27.4 Å². The van der Waals surface area contributed by atoms with Gasteiger partial charge in [0, 0.05) is 19.1 Å². The Hall–Kier alpha value is -2.78. The van der Waals surface area contributed by atoms with Crippen LogP contribution in [0.4, 0.5) is 24.5 Å². The second-order valence-electron chi connectivity index (χ2n) is 8.35. The quantitative estimate of drug-likeness (QED) is 0.614. The Morgan fingerprint density at radius 2 is 1.85 bits per heavy atom.